The van der Waals surface area contributed by atoms with E-state index in [2.05, 4.69) is 6.07 Å². The number of amides is 1. The standard InChI is InChI=1S/C18H18N2O/c1-14-5-3-4-6-17(14)11-18(21)20(2)13-16-9-7-15(12-19)8-10-16/h3-10H,11,13H2,1-2H3. The van der Waals surface area contributed by atoms with Crippen LogP contribution in [0.25, 0.3) is 0 Å². The number of nitriles is 1. The van der Waals surface area contributed by atoms with Crippen LogP contribution in [0, 0.1) is 18.3 Å². The predicted octanol–water partition coefficient (Wildman–Crippen LogP) is 3.07. The van der Waals surface area contributed by atoms with Gasteiger partial charge in [0.05, 0.1) is 18.1 Å². The Morgan fingerprint density at radius 2 is 1.81 bits per heavy atom. The molecule has 3 nitrogen and oxygen atoms in total. The molecule has 0 fully saturated rings. The number of rotatable bonds is 4. The largest absolute Gasteiger partial charge is 0.341 e. The van der Waals surface area contributed by atoms with E-state index in [9.17, 15) is 4.79 Å². The zero-order valence-corrected chi connectivity index (χ0v) is 12.3. The normalized spacial score (nSPS) is 9.95. The average Bonchev–Trinajstić information content (AvgIpc) is 2.50. The van der Waals surface area contributed by atoms with E-state index in [1.165, 1.54) is 0 Å². The molecule has 0 heterocycles. The van der Waals surface area contributed by atoms with Gasteiger partial charge in [-0.1, -0.05) is 36.4 Å². The lowest BCUT2D eigenvalue weighted by atomic mass is 10.1. The van der Waals surface area contributed by atoms with Crippen LogP contribution >= 0.6 is 0 Å². The Bertz CT molecular complexity index is 668. The third kappa shape index (κ3) is 3.93. The van der Waals surface area contributed by atoms with Crippen molar-refractivity contribution in [1.29, 1.82) is 5.26 Å². The van der Waals surface area contributed by atoms with Gasteiger partial charge in [-0.15, -0.1) is 0 Å². The fraction of sp³-hybridized carbons (Fsp3) is 0.222. The molecular formula is C18H18N2O. The molecule has 0 aliphatic rings. The summed E-state index contributed by atoms with van der Waals surface area (Å²) in [5.41, 5.74) is 3.86. The molecule has 0 saturated carbocycles. The summed E-state index contributed by atoms with van der Waals surface area (Å²) in [6.45, 7) is 2.57. The molecule has 106 valence electrons. The van der Waals surface area contributed by atoms with Crippen molar-refractivity contribution < 1.29 is 4.79 Å². The van der Waals surface area contributed by atoms with Gasteiger partial charge in [-0.05, 0) is 35.7 Å². The Kier molecular flexibility index (Phi) is 4.73. The summed E-state index contributed by atoms with van der Waals surface area (Å²) in [7, 11) is 1.80. The van der Waals surface area contributed by atoms with Gasteiger partial charge in [-0.2, -0.15) is 5.26 Å². The molecular weight excluding hydrogens is 260 g/mol. The van der Waals surface area contributed by atoms with Gasteiger partial charge < -0.3 is 4.90 Å². The molecule has 2 rings (SSSR count). The first-order valence-electron chi connectivity index (χ1n) is 6.87. The monoisotopic (exact) mass is 278 g/mol. The highest BCUT2D eigenvalue weighted by molar-refractivity contribution is 5.78. The number of nitrogens with zero attached hydrogens (tertiary/aromatic N) is 2. The van der Waals surface area contributed by atoms with E-state index in [1.54, 1.807) is 24.1 Å². The maximum Gasteiger partial charge on any atom is 0.227 e. The average molecular weight is 278 g/mol. The van der Waals surface area contributed by atoms with E-state index in [4.69, 9.17) is 5.26 Å². The van der Waals surface area contributed by atoms with Crippen LogP contribution in [-0.4, -0.2) is 17.9 Å². The van der Waals surface area contributed by atoms with Crippen molar-refractivity contribution in [2.75, 3.05) is 7.05 Å². The number of hydrogen-bond donors (Lipinski definition) is 0. The van der Waals surface area contributed by atoms with Crippen molar-refractivity contribution in [2.24, 2.45) is 0 Å². The highest BCUT2D eigenvalue weighted by Gasteiger charge is 2.11. The maximum absolute atomic E-state index is 12.3. The van der Waals surface area contributed by atoms with Gasteiger partial charge >= 0.3 is 0 Å². The first-order valence-corrected chi connectivity index (χ1v) is 6.87. The SMILES string of the molecule is Cc1ccccc1CC(=O)N(C)Cc1ccc(C#N)cc1. The third-order valence-electron chi connectivity index (χ3n) is 3.53. The van der Waals surface area contributed by atoms with Crippen LogP contribution in [0.5, 0.6) is 0 Å². The van der Waals surface area contributed by atoms with Crippen molar-refractivity contribution in [3.8, 4) is 6.07 Å². The summed E-state index contributed by atoms with van der Waals surface area (Å²) in [6, 6.07) is 17.3. The minimum absolute atomic E-state index is 0.0914. The van der Waals surface area contributed by atoms with Crippen LogP contribution in [0.1, 0.15) is 22.3 Å². The van der Waals surface area contributed by atoms with Crippen molar-refractivity contribution in [2.45, 2.75) is 19.9 Å². The minimum atomic E-state index is 0.0914. The summed E-state index contributed by atoms with van der Waals surface area (Å²) in [4.78, 5) is 14.0. The van der Waals surface area contributed by atoms with E-state index in [1.807, 2.05) is 43.3 Å². The van der Waals surface area contributed by atoms with Crippen molar-refractivity contribution in [3.05, 3.63) is 70.8 Å². The maximum atomic E-state index is 12.3. The summed E-state index contributed by atoms with van der Waals surface area (Å²) >= 11 is 0. The Hall–Kier alpha value is -2.60. The summed E-state index contributed by atoms with van der Waals surface area (Å²) in [5.74, 6) is 0.0914. The Morgan fingerprint density at radius 3 is 2.43 bits per heavy atom. The van der Waals surface area contributed by atoms with Crippen molar-refractivity contribution in [1.82, 2.24) is 4.90 Å². The quantitative estimate of drug-likeness (QED) is 0.862. The zero-order chi connectivity index (χ0) is 15.2. The first-order chi connectivity index (χ1) is 10.1. The molecule has 0 radical (unpaired) electrons. The molecule has 0 atom stereocenters. The second-order valence-corrected chi connectivity index (χ2v) is 5.16. The topological polar surface area (TPSA) is 44.1 Å². The number of likely N-dealkylation sites (N-methyl/N-ethyl adjacent to an activating group) is 1. The number of aryl methyl sites for hydroxylation is 1. The molecule has 0 spiro atoms. The summed E-state index contributed by atoms with van der Waals surface area (Å²) in [6.07, 6.45) is 0.416. The Balaban J connectivity index is 1.99. The van der Waals surface area contributed by atoms with Gasteiger partial charge in [0.2, 0.25) is 5.91 Å². The van der Waals surface area contributed by atoms with E-state index < -0.39 is 0 Å². The molecule has 0 unspecified atom stereocenters. The van der Waals surface area contributed by atoms with Crippen molar-refractivity contribution >= 4 is 5.91 Å². The molecule has 0 aliphatic heterocycles. The molecule has 2 aromatic rings. The second kappa shape index (κ2) is 6.71. The number of carbonyl (C=O) groups excluding carboxylic acids is 1. The van der Waals surface area contributed by atoms with Gasteiger partial charge in [0.25, 0.3) is 0 Å². The molecule has 0 saturated heterocycles. The molecule has 0 aromatic heterocycles. The van der Waals surface area contributed by atoms with Gasteiger partial charge in [0.15, 0.2) is 0 Å². The molecule has 0 aliphatic carbocycles. The highest BCUT2D eigenvalue weighted by atomic mass is 16.2. The zero-order valence-electron chi connectivity index (χ0n) is 12.3. The van der Waals surface area contributed by atoms with E-state index in [0.29, 0.717) is 18.5 Å². The van der Waals surface area contributed by atoms with E-state index in [0.717, 1.165) is 16.7 Å². The van der Waals surface area contributed by atoms with Crippen LogP contribution in [-0.2, 0) is 17.8 Å². The fourth-order valence-corrected chi connectivity index (χ4v) is 2.15. The highest BCUT2D eigenvalue weighted by Crippen LogP contribution is 2.11. The number of benzene rings is 2. The number of carbonyl (C=O) groups is 1. The van der Waals surface area contributed by atoms with Crippen LogP contribution in [0.4, 0.5) is 0 Å². The van der Waals surface area contributed by atoms with Crippen LogP contribution < -0.4 is 0 Å². The van der Waals surface area contributed by atoms with E-state index in [-0.39, 0.29) is 5.91 Å². The molecule has 0 bridgehead atoms. The lowest BCUT2D eigenvalue weighted by molar-refractivity contribution is -0.129. The minimum Gasteiger partial charge on any atom is -0.341 e. The van der Waals surface area contributed by atoms with Gasteiger partial charge in [-0.3, -0.25) is 4.79 Å². The number of hydrogen-bond acceptors (Lipinski definition) is 2. The lowest BCUT2D eigenvalue weighted by Gasteiger charge is -2.18. The van der Waals surface area contributed by atoms with Gasteiger partial charge in [0.1, 0.15) is 0 Å². The Morgan fingerprint density at radius 1 is 1.14 bits per heavy atom. The van der Waals surface area contributed by atoms with Crippen LogP contribution in [0.15, 0.2) is 48.5 Å². The van der Waals surface area contributed by atoms with Gasteiger partial charge in [-0.25, -0.2) is 0 Å². The summed E-state index contributed by atoms with van der Waals surface area (Å²) < 4.78 is 0. The third-order valence-corrected chi connectivity index (χ3v) is 3.53. The molecule has 0 N–H and O–H groups in total. The van der Waals surface area contributed by atoms with Crippen LogP contribution in [0.2, 0.25) is 0 Å². The molecule has 2 aromatic carbocycles. The first kappa shape index (κ1) is 14.8. The van der Waals surface area contributed by atoms with E-state index >= 15 is 0 Å². The fourth-order valence-electron chi connectivity index (χ4n) is 2.15. The summed E-state index contributed by atoms with van der Waals surface area (Å²) in [5, 5.41) is 8.77. The molecule has 3 heteroatoms. The van der Waals surface area contributed by atoms with Crippen LogP contribution in [0.3, 0.4) is 0 Å². The smallest absolute Gasteiger partial charge is 0.227 e. The van der Waals surface area contributed by atoms with Gasteiger partial charge in [0, 0.05) is 13.6 Å². The predicted molar refractivity (Wildman–Crippen MR) is 82.5 cm³/mol. The van der Waals surface area contributed by atoms with Crippen molar-refractivity contribution in [3.63, 3.8) is 0 Å². The second-order valence-electron chi connectivity index (χ2n) is 5.16. The molecule has 21 heavy (non-hydrogen) atoms. The Labute approximate surface area is 125 Å². The molecule has 1 amide bonds. The lowest BCUT2D eigenvalue weighted by Crippen LogP contribution is -2.27.